The maximum absolute atomic E-state index is 8.97. The lowest BCUT2D eigenvalue weighted by Gasteiger charge is -2.31. The molecule has 1 atom stereocenters. The van der Waals surface area contributed by atoms with Crippen molar-refractivity contribution >= 4 is 11.6 Å². The van der Waals surface area contributed by atoms with E-state index in [0.717, 1.165) is 19.5 Å². The first-order valence-corrected chi connectivity index (χ1v) is 5.21. The number of nitrogens with zero attached hydrogens (tertiary/aromatic N) is 3. The summed E-state index contributed by atoms with van der Waals surface area (Å²) in [5, 5.41) is 15.7. The third-order valence-electron chi connectivity index (χ3n) is 2.84. The molecule has 1 aromatic rings. The Balaban J connectivity index is 2.25. The van der Waals surface area contributed by atoms with E-state index in [1.54, 1.807) is 0 Å². The number of aromatic amines is 1. The second-order valence-corrected chi connectivity index (χ2v) is 4.14. The molecule has 0 spiro atoms. The average molecular weight is 205 g/mol. The maximum Gasteiger partial charge on any atom is 0.170 e. The number of anilines is 2. The summed E-state index contributed by atoms with van der Waals surface area (Å²) < 4.78 is 0. The van der Waals surface area contributed by atoms with Crippen molar-refractivity contribution in [2.45, 2.75) is 19.8 Å². The van der Waals surface area contributed by atoms with Crippen LogP contribution in [0.2, 0.25) is 0 Å². The van der Waals surface area contributed by atoms with Crippen molar-refractivity contribution in [3.63, 3.8) is 0 Å². The Morgan fingerprint density at radius 3 is 3.13 bits per heavy atom. The molecule has 1 aliphatic heterocycles. The molecular weight excluding hydrogens is 190 g/mol. The molecule has 5 heteroatoms. The molecule has 0 radical (unpaired) electrons. The van der Waals surface area contributed by atoms with E-state index in [1.807, 2.05) is 0 Å². The van der Waals surface area contributed by atoms with Crippen LogP contribution in [-0.4, -0.2) is 23.3 Å². The zero-order chi connectivity index (χ0) is 10.8. The summed E-state index contributed by atoms with van der Waals surface area (Å²) in [4.78, 5) is 2.14. The van der Waals surface area contributed by atoms with Crippen LogP contribution >= 0.6 is 0 Å². The van der Waals surface area contributed by atoms with Crippen molar-refractivity contribution < 1.29 is 0 Å². The molecular formula is C10H15N5. The standard InChI is InChI=1S/C10H15N5/c1-7-3-2-4-15(6-7)10-8(5-11)9(12)13-14-10/h7H,2-4,6H2,1H3,(H3,12,13,14). The third kappa shape index (κ3) is 1.75. The van der Waals surface area contributed by atoms with Crippen LogP contribution in [0.1, 0.15) is 25.3 Å². The first-order valence-electron chi connectivity index (χ1n) is 5.21. The van der Waals surface area contributed by atoms with Crippen LogP contribution in [0.5, 0.6) is 0 Å². The Bertz CT molecular complexity index is 389. The number of hydrogen-bond donors (Lipinski definition) is 2. The molecule has 0 aliphatic carbocycles. The lowest BCUT2D eigenvalue weighted by molar-refractivity contribution is 0.444. The Hall–Kier alpha value is -1.70. The fraction of sp³-hybridized carbons (Fsp3) is 0.600. The molecule has 1 aromatic heterocycles. The van der Waals surface area contributed by atoms with Gasteiger partial charge in [-0.3, -0.25) is 5.10 Å². The maximum atomic E-state index is 8.97. The SMILES string of the molecule is CC1CCCN(c2n[nH]c(N)c2C#N)C1. The van der Waals surface area contributed by atoms with E-state index in [4.69, 9.17) is 11.0 Å². The van der Waals surface area contributed by atoms with E-state index in [2.05, 4.69) is 28.1 Å². The van der Waals surface area contributed by atoms with Gasteiger partial charge in [0.1, 0.15) is 17.5 Å². The molecule has 1 aliphatic rings. The van der Waals surface area contributed by atoms with Crippen molar-refractivity contribution in [3.05, 3.63) is 5.56 Å². The molecule has 0 amide bonds. The Labute approximate surface area is 88.9 Å². The molecule has 15 heavy (non-hydrogen) atoms. The summed E-state index contributed by atoms with van der Waals surface area (Å²) in [5.41, 5.74) is 6.10. The number of H-pyrrole nitrogens is 1. The second-order valence-electron chi connectivity index (χ2n) is 4.14. The average Bonchev–Trinajstić information content (AvgIpc) is 2.59. The van der Waals surface area contributed by atoms with Gasteiger partial charge in [-0.05, 0) is 18.8 Å². The van der Waals surface area contributed by atoms with Crippen molar-refractivity contribution in [1.29, 1.82) is 5.26 Å². The minimum absolute atomic E-state index is 0.366. The largest absolute Gasteiger partial charge is 0.383 e. The summed E-state index contributed by atoms with van der Waals surface area (Å²) in [6.45, 7) is 4.14. The van der Waals surface area contributed by atoms with Crippen LogP contribution in [0.15, 0.2) is 0 Å². The topological polar surface area (TPSA) is 81.7 Å². The molecule has 5 nitrogen and oxygen atoms in total. The third-order valence-corrected chi connectivity index (χ3v) is 2.84. The van der Waals surface area contributed by atoms with Gasteiger partial charge < -0.3 is 10.6 Å². The fourth-order valence-electron chi connectivity index (χ4n) is 2.07. The molecule has 3 N–H and O–H groups in total. The van der Waals surface area contributed by atoms with Crippen molar-refractivity contribution in [1.82, 2.24) is 10.2 Å². The predicted molar refractivity (Wildman–Crippen MR) is 58.3 cm³/mol. The van der Waals surface area contributed by atoms with E-state index in [-0.39, 0.29) is 0 Å². The van der Waals surface area contributed by atoms with Crippen molar-refractivity contribution in [2.75, 3.05) is 23.7 Å². The van der Waals surface area contributed by atoms with E-state index in [9.17, 15) is 0 Å². The zero-order valence-corrected chi connectivity index (χ0v) is 8.82. The van der Waals surface area contributed by atoms with Crippen LogP contribution in [0.25, 0.3) is 0 Å². The molecule has 0 aromatic carbocycles. The quantitative estimate of drug-likeness (QED) is 0.719. The summed E-state index contributed by atoms with van der Waals surface area (Å²) in [6, 6.07) is 2.10. The Morgan fingerprint density at radius 2 is 2.47 bits per heavy atom. The molecule has 0 bridgehead atoms. The number of rotatable bonds is 1. The van der Waals surface area contributed by atoms with Gasteiger partial charge in [0, 0.05) is 13.1 Å². The van der Waals surface area contributed by atoms with Crippen LogP contribution < -0.4 is 10.6 Å². The van der Waals surface area contributed by atoms with Gasteiger partial charge in [-0.25, -0.2) is 0 Å². The minimum Gasteiger partial charge on any atom is -0.383 e. The predicted octanol–water partition coefficient (Wildman–Crippen LogP) is 1.10. The van der Waals surface area contributed by atoms with Crippen LogP contribution in [0.3, 0.4) is 0 Å². The number of piperidine rings is 1. The molecule has 1 fully saturated rings. The molecule has 2 rings (SSSR count). The Morgan fingerprint density at radius 1 is 1.67 bits per heavy atom. The summed E-state index contributed by atoms with van der Waals surface area (Å²) in [7, 11) is 0. The number of nitrogens with two attached hydrogens (primary N) is 1. The van der Waals surface area contributed by atoms with Crippen LogP contribution in [0.4, 0.5) is 11.6 Å². The van der Waals surface area contributed by atoms with Gasteiger partial charge in [-0.15, -0.1) is 0 Å². The highest BCUT2D eigenvalue weighted by molar-refractivity contribution is 5.64. The smallest absolute Gasteiger partial charge is 0.170 e. The number of hydrogen-bond acceptors (Lipinski definition) is 4. The fourth-order valence-corrected chi connectivity index (χ4v) is 2.07. The Kier molecular flexibility index (Phi) is 2.50. The lowest BCUT2D eigenvalue weighted by atomic mass is 10.0. The monoisotopic (exact) mass is 205 g/mol. The van der Waals surface area contributed by atoms with Crippen molar-refractivity contribution in [2.24, 2.45) is 5.92 Å². The number of aromatic nitrogens is 2. The first kappa shape index (κ1) is 9.84. The van der Waals surface area contributed by atoms with Crippen molar-refractivity contribution in [3.8, 4) is 6.07 Å². The van der Waals surface area contributed by atoms with E-state index >= 15 is 0 Å². The zero-order valence-electron chi connectivity index (χ0n) is 8.82. The molecule has 1 unspecified atom stereocenters. The lowest BCUT2D eigenvalue weighted by Crippen LogP contribution is -2.34. The van der Waals surface area contributed by atoms with Gasteiger partial charge in [0.15, 0.2) is 5.82 Å². The highest BCUT2D eigenvalue weighted by atomic mass is 15.3. The van der Waals surface area contributed by atoms with Gasteiger partial charge in [0.2, 0.25) is 0 Å². The summed E-state index contributed by atoms with van der Waals surface area (Å²) in [6.07, 6.45) is 2.40. The molecule has 1 saturated heterocycles. The molecule has 80 valence electrons. The van der Waals surface area contributed by atoms with Gasteiger partial charge in [0.05, 0.1) is 0 Å². The van der Waals surface area contributed by atoms with Gasteiger partial charge in [0.25, 0.3) is 0 Å². The van der Waals surface area contributed by atoms with Gasteiger partial charge >= 0.3 is 0 Å². The highest BCUT2D eigenvalue weighted by Crippen LogP contribution is 2.26. The van der Waals surface area contributed by atoms with Gasteiger partial charge in [-0.1, -0.05) is 6.92 Å². The van der Waals surface area contributed by atoms with E-state index < -0.39 is 0 Å². The molecule has 2 heterocycles. The molecule has 0 saturated carbocycles. The highest BCUT2D eigenvalue weighted by Gasteiger charge is 2.22. The van der Waals surface area contributed by atoms with E-state index in [0.29, 0.717) is 23.1 Å². The van der Waals surface area contributed by atoms with Crippen LogP contribution in [0, 0.1) is 17.2 Å². The first-order chi connectivity index (χ1) is 7.22. The summed E-state index contributed by atoms with van der Waals surface area (Å²) in [5.74, 6) is 1.73. The number of nitrogens with one attached hydrogen (secondary N) is 1. The minimum atomic E-state index is 0.366. The van der Waals surface area contributed by atoms with E-state index in [1.165, 1.54) is 6.42 Å². The number of nitrogen functional groups attached to an aromatic ring is 1. The van der Waals surface area contributed by atoms with Crippen LogP contribution in [-0.2, 0) is 0 Å². The second kappa shape index (κ2) is 3.81. The normalized spacial score (nSPS) is 21.3. The summed E-state index contributed by atoms with van der Waals surface area (Å²) >= 11 is 0. The van der Waals surface area contributed by atoms with Gasteiger partial charge in [-0.2, -0.15) is 10.4 Å². The number of nitriles is 1.